The van der Waals surface area contributed by atoms with Crippen LogP contribution in [0, 0.1) is 0 Å². The fraction of sp³-hybridized carbons (Fsp3) is 1.00. The van der Waals surface area contributed by atoms with Crippen molar-refractivity contribution in [1.82, 2.24) is 0 Å². The van der Waals surface area contributed by atoms with E-state index in [-0.39, 0.29) is 0 Å². The van der Waals surface area contributed by atoms with Crippen molar-refractivity contribution in [3.8, 4) is 0 Å². The second-order valence-electron chi connectivity index (χ2n) is 6.58. The minimum absolute atomic E-state index is 0.393. The molecule has 0 bridgehead atoms. The fourth-order valence-corrected chi connectivity index (χ4v) is 3.04. The van der Waals surface area contributed by atoms with Crippen LogP contribution in [0.3, 0.4) is 0 Å². The Balaban J connectivity index is 1.74. The van der Waals surface area contributed by atoms with Crippen LogP contribution in [0.4, 0.5) is 0 Å². The molecule has 5 unspecified atom stereocenters. The van der Waals surface area contributed by atoms with Gasteiger partial charge in [-0.3, -0.25) is 9.47 Å². The summed E-state index contributed by atoms with van der Waals surface area (Å²) in [4.78, 5) is 9.00. The van der Waals surface area contributed by atoms with Crippen molar-refractivity contribution < 1.29 is 74.2 Å². The van der Waals surface area contributed by atoms with Crippen LogP contribution >= 0.6 is 0 Å². The highest BCUT2D eigenvalue weighted by Crippen LogP contribution is 2.37. The molecule has 15 heteroatoms. The summed E-state index contributed by atoms with van der Waals surface area (Å²) in [5.41, 5.74) is 0. The Bertz CT molecular complexity index is 537. The van der Waals surface area contributed by atoms with E-state index in [9.17, 15) is 30.6 Å². The zero-order chi connectivity index (χ0) is 21.2. The van der Waals surface area contributed by atoms with Crippen LogP contribution in [0.5, 0.6) is 0 Å². The minimum atomic E-state index is -2.19. The summed E-state index contributed by atoms with van der Waals surface area (Å²) in [6, 6.07) is 0. The SMILES string of the molecule is OCC1OOO[C@@H](O[C@]2(CO[C@]3(CO)O[C@H](CO)C(O)C3O)OCC(O)C2O)O1. The first-order valence-electron chi connectivity index (χ1n) is 8.63. The molecule has 3 rings (SSSR count). The Kier molecular flexibility index (Phi) is 7.37. The predicted octanol–water partition coefficient (Wildman–Crippen LogP) is -5.22. The molecule has 0 amide bonds. The van der Waals surface area contributed by atoms with Crippen molar-refractivity contribution in [2.75, 3.05) is 33.0 Å². The summed E-state index contributed by atoms with van der Waals surface area (Å²) in [5, 5.41) is 72.5. The molecule has 15 nitrogen and oxygen atoms in total. The van der Waals surface area contributed by atoms with Crippen LogP contribution in [0.15, 0.2) is 0 Å². The second kappa shape index (κ2) is 9.27. The van der Waals surface area contributed by atoms with Gasteiger partial charge in [-0.1, -0.05) is 5.04 Å². The normalized spacial score (nSPS) is 48.3. The lowest BCUT2D eigenvalue weighted by Gasteiger charge is -2.39. The van der Waals surface area contributed by atoms with E-state index in [0.29, 0.717) is 0 Å². The number of ether oxygens (including phenoxy) is 5. The predicted molar refractivity (Wildman–Crippen MR) is 80.5 cm³/mol. The third-order valence-corrected chi connectivity index (χ3v) is 4.71. The molecule has 0 radical (unpaired) electrons. The average molecular weight is 432 g/mol. The van der Waals surface area contributed by atoms with Crippen molar-refractivity contribution in [2.24, 2.45) is 0 Å². The van der Waals surface area contributed by atoms with Gasteiger partial charge in [0, 0.05) is 0 Å². The standard InChI is InChI=1S/C14H24O15/c15-1-7-9(19)11(21)13(4-17,25-7)23-5-14(10(20)6(18)3-22-14)26-12-24-8(2-16)27-29-28-12/h6-12,15-21H,1-5H2/t6?,7-,8?,9?,10?,11?,12-,13-,14+/m1/s1. The summed E-state index contributed by atoms with van der Waals surface area (Å²) in [6.45, 7) is -5.13. The largest absolute Gasteiger partial charge is 0.394 e. The molecular weight excluding hydrogens is 408 g/mol. The van der Waals surface area contributed by atoms with Gasteiger partial charge >= 0.3 is 6.48 Å². The Morgan fingerprint density at radius 1 is 0.931 bits per heavy atom. The van der Waals surface area contributed by atoms with E-state index in [2.05, 4.69) is 14.8 Å². The fourth-order valence-electron chi connectivity index (χ4n) is 3.04. The highest BCUT2D eigenvalue weighted by molar-refractivity contribution is 4.98. The first kappa shape index (κ1) is 23.1. The lowest BCUT2D eigenvalue weighted by Crippen LogP contribution is -2.57. The molecule has 9 atom stereocenters. The molecule has 3 aliphatic rings. The van der Waals surface area contributed by atoms with E-state index in [1.54, 1.807) is 0 Å². The molecule has 0 saturated carbocycles. The Morgan fingerprint density at radius 2 is 1.69 bits per heavy atom. The van der Waals surface area contributed by atoms with Gasteiger partial charge in [0.2, 0.25) is 17.9 Å². The van der Waals surface area contributed by atoms with Gasteiger partial charge in [0.1, 0.15) is 43.7 Å². The zero-order valence-corrected chi connectivity index (χ0v) is 15.0. The number of aliphatic hydroxyl groups excluding tert-OH is 7. The molecule has 0 spiro atoms. The first-order valence-corrected chi connectivity index (χ1v) is 8.63. The third-order valence-electron chi connectivity index (χ3n) is 4.71. The molecule has 3 fully saturated rings. The molecule has 29 heavy (non-hydrogen) atoms. The van der Waals surface area contributed by atoms with E-state index in [1.807, 2.05) is 0 Å². The first-order chi connectivity index (χ1) is 13.8. The van der Waals surface area contributed by atoms with E-state index in [0.717, 1.165) is 0 Å². The summed E-state index contributed by atoms with van der Waals surface area (Å²) in [7, 11) is 0. The molecule has 0 aromatic heterocycles. The lowest BCUT2D eigenvalue weighted by molar-refractivity contribution is -0.664. The molecule has 7 N–H and O–H groups in total. The highest BCUT2D eigenvalue weighted by atomic mass is 17.6. The summed E-state index contributed by atoms with van der Waals surface area (Å²) in [6.07, 6.45) is -9.04. The number of aliphatic hydroxyl groups is 7. The maximum atomic E-state index is 10.3. The van der Waals surface area contributed by atoms with Crippen molar-refractivity contribution in [2.45, 2.75) is 54.9 Å². The molecule has 0 aromatic carbocycles. The maximum absolute atomic E-state index is 10.3. The Labute approximate surface area is 163 Å². The molecule has 170 valence electrons. The minimum Gasteiger partial charge on any atom is -0.394 e. The van der Waals surface area contributed by atoms with Crippen LogP contribution in [0.1, 0.15) is 0 Å². The lowest BCUT2D eigenvalue weighted by atomic mass is 10.1. The number of hydrogen-bond acceptors (Lipinski definition) is 15. The number of hydrogen-bond donors (Lipinski definition) is 7. The molecule has 0 aromatic rings. The van der Waals surface area contributed by atoms with Crippen molar-refractivity contribution >= 4 is 0 Å². The smallest absolute Gasteiger partial charge is 0.309 e. The third kappa shape index (κ3) is 4.40. The van der Waals surface area contributed by atoms with Crippen molar-refractivity contribution in [3.05, 3.63) is 0 Å². The van der Waals surface area contributed by atoms with Crippen LogP contribution in [-0.4, -0.2) is 124 Å². The zero-order valence-electron chi connectivity index (χ0n) is 15.0. The molecule has 0 aliphatic carbocycles. The van der Waals surface area contributed by atoms with Gasteiger partial charge in [-0.05, 0) is 0 Å². The van der Waals surface area contributed by atoms with Crippen LogP contribution in [0.25, 0.3) is 0 Å². The quantitative estimate of drug-likeness (QED) is 0.178. The van der Waals surface area contributed by atoms with Crippen LogP contribution < -0.4 is 0 Å². The van der Waals surface area contributed by atoms with E-state index < -0.39 is 87.9 Å². The van der Waals surface area contributed by atoms with E-state index >= 15 is 0 Å². The Morgan fingerprint density at radius 3 is 2.24 bits per heavy atom. The van der Waals surface area contributed by atoms with E-state index in [4.69, 9.17) is 28.8 Å². The van der Waals surface area contributed by atoms with Gasteiger partial charge in [0.15, 0.2) is 0 Å². The van der Waals surface area contributed by atoms with Gasteiger partial charge in [-0.2, -0.15) is 4.89 Å². The summed E-state index contributed by atoms with van der Waals surface area (Å²) in [5.74, 6) is -4.36. The summed E-state index contributed by atoms with van der Waals surface area (Å²) >= 11 is 0. The van der Waals surface area contributed by atoms with Gasteiger partial charge in [-0.25, -0.2) is 0 Å². The molecular formula is C14H24O15. The van der Waals surface area contributed by atoms with Gasteiger partial charge < -0.3 is 50.0 Å². The Hall–Kier alpha value is -0.600. The summed E-state index contributed by atoms with van der Waals surface area (Å²) < 4.78 is 26.4. The monoisotopic (exact) mass is 432 g/mol. The number of rotatable bonds is 8. The topological polar surface area (TPSA) is 215 Å². The van der Waals surface area contributed by atoms with Gasteiger partial charge in [-0.15, -0.1) is 4.89 Å². The van der Waals surface area contributed by atoms with E-state index in [1.165, 1.54) is 0 Å². The maximum Gasteiger partial charge on any atom is 0.309 e. The van der Waals surface area contributed by atoms with Crippen molar-refractivity contribution in [1.29, 1.82) is 0 Å². The van der Waals surface area contributed by atoms with Gasteiger partial charge in [0.05, 0.1) is 19.8 Å². The molecule has 3 saturated heterocycles. The molecule has 3 aliphatic heterocycles. The van der Waals surface area contributed by atoms with Gasteiger partial charge in [0.25, 0.3) is 0 Å². The second-order valence-corrected chi connectivity index (χ2v) is 6.58. The average Bonchev–Trinajstić information content (AvgIpc) is 3.16. The molecule has 3 heterocycles. The highest BCUT2D eigenvalue weighted by Gasteiger charge is 2.59. The van der Waals surface area contributed by atoms with Crippen molar-refractivity contribution in [3.63, 3.8) is 0 Å². The van der Waals surface area contributed by atoms with Crippen LogP contribution in [-0.2, 0) is 38.5 Å². The van der Waals surface area contributed by atoms with Crippen LogP contribution in [0.2, 0.25) is 0 Å².